The van der Waals surface area contributed by atoms with Gasteiger partial charge in [0.05, 0.1) is 36.1 Å². The lowest BCUT2D eigenvalue weighted by atomic mass is 10.2. The fourth-order valence-electron chi connectivity index (χ4n) is 4.14. The van der Waals surface area contributed by atoms with Gasteiger partial charge in [-0.25, -0.2) is 19.7 Å². The first-order valence-corrected chi connectivity index (χ1v) is 13.3. The summed E-state index contributed by atoms with van der Waals surface area (Å²) in [5.41, 5.74) is 1.82. The summed E-state index contributed by atoms with van der Waals surface area (Å²) in [6, 6.07) is 7.04. The van der Waals surface area contributed by atoms with Gasteiger partial charge in [0.25, 0.3) is 5.88 Å². The summed E-state index contributed by atoms with van der Waals surface area (Å²) in [4.78, 5) is 35.8. The standard InChI is InChI=1S/C28H30ClN7O5/c1-28(2,3)41-27(37)36-10-7-19(14-36)40-26-23(38-4)12-21-24(35-26)25(33-16-32-21)34-17-5-6-22(20(29)11-17)39-15-18-13-30-8-9-31-18/h5-6,8-9,11-13,16,19H,7,10,14-15H2,1-4H3,(H,32,33,34). The number of rotatable bonds is 8. The summed E-state index contributed by atoms with van der Waals surface area (Å²) in [5.74, 6) is 1.66. The number of hydrogen-bond donors (Lipinski definition) is 1. The van der Waals surface area contributed by atoms with Crippen molar-refractivity contribution < 1.29 is 23.7 Å². The number of nitrogens with zero attached hydrogens (tertiary/aromatic N) is 6. The number of benzene rings is 1. The second-order valence-corrected chi connectivity index (χ2v) is 10.7. The van der Waals surface area contributed by atoms with Crippen molar-refractivity contribution in [3.8, 4) is 17.4 Å². The van der Waals surface area contributed by atoms with Crippen LogP contribution in [0.5, 0.6) is 17.4 Å². The van der Waals surface area contributed by atoms with Crippen molar-refractivity contribution >= 4 is 40.2 Å². The molecule has 3 aromatic heterocycles. The van der Waals surface area contributed by atoms with Gasteiger partial charge in [-0.3, -0.25) is 9.97 Å². The molecule has 1 atom stereocenters. The monoisotopic (exact) mass is 579 g/mol. The van der Waals surface area contributed by atoms with Crippen molar-refractivity contribution in [1.82, 2.24) is 29.8 Å². The number of likely N-dealkylation sites (tertiary alicyclic amines) is 1. The van der Waals surface area contributed by atoms with E-state index in [0.717, 1.165) is 0 Å². The summed E-state index contributed by atoms with van der Waals surface area (Å²) in [6.07, 6.45) is 6.24. The molecule has 1 aliphatic heterocycles. The van der Waals surface area contributed by atoms with E-state index in [1.54, 1.807) is 41.7 Å². The molecule has 1 N–H and O–H groups in total. The smallest absolute Gasteiger partial charge is 0.410 e. The normalized spacial score (nSPS) is 15.0. The van der Waals surface area contributed by atoms with Crippen LogP contribution in [0.15, 0.2) is 49.2 Å². The first-order chi connectivity index (χ1) is 19.7. The highest BCUT2D eigenvalue weighted by Gasteiger charge is 2.32. The SMILES string of the molecule is COc1cc2ncnc(Nc3ccc(OCc4cnccn4)c(Cl)c3)c2nc1OC1CCN(C(=O)OC(C)(C)C)C1. The Balaban J connectivity index is 1.32. The molecule has 0 bridgehead atoms. The lowest BCUT2D eigenvalue weighted by Gasteiger charge is -2.24. The average molecular weight is 580 g/mol. The van der Waals surface area contributed by atoms with Gasteiger partial charge >= 0.3 is 6.09 Å². The number of carbonyl (C=O) groups is 1. The van der Waals surface area contributed by atoms with Crippen LogP contribution in [0, 0.1) is 0 Å². The van der Waals surface area contributed by atoms with Crippen molar-refractivity contribution in [3.05, 3.63) is 59.9 Å². The molecule has 4 aromatic rings. The molecule has 13 heteroatoms. The summed E-state index contributed by atoms with van der Waals surface area (Å²) in [5, 5.41) is 3.66. The highest BCUT2D eigenvalue weighted by molar-refractivity contribution is 6.32. The molecule has 1 amide bonds. The quantitative estimate of drug-likeness (QED) is 0.295. The largest absolute Gasteiger partial charge is 0.491 e. The zero-order valence-corrected chi connectivity index (χ0v) is 23.9. The average Bonchev–Trinajstić information content (AvgIpc) is 3.41. The Hall–Kier alpha value is -4.45. The summed E-state index contributed by atoms with van der Waals surface area (Å²) in [7, 11) is 1.54. The van der Waals surface area contributed by atoms with Gasteiger partial charge < -0.3 is 29.2 Å². The Kier molecular flexibility index (Phi) is 8.20. The van der Waals surface area contributed by atoms with Crippen LogP contribution in [-0.4, -0.2) is 67.8 Å². The van der Waals surface area contributed by atoms with Gasteiger partial charge in [-0.2, -0.15) is 0 Å². The van der Waals surface area contributed by atoms with Crippen LogP contribution in [0.2, 0.25) is 5.02 Å². The number of methoxy groups -OCH3 is 1. The van der Waals surface area contributed by atoms with Crippen LogP contribution in [0.4, 0.5) is 16.3 Å². The number of nitrogens with one attached hydrogen (secondary N) is 1. The van der Waals surface area contributed by atoms with Crippen LogP contribution >= 0.6 is 11.6 Å². The predicted molar refractivity (Wildman–Crippen MR) is 152 cm³/mol. The Labute approximate surface area is 242 Å². The molecule has 1 aromatic carbocycles. The van der Waals surface area contributed by atoms with E-state index in [1.165, 1.54) is 13.4 Å². The van der Waals surface area contributed by atoms with Gasteiger partial charge in [-0.1, -0.05) is 11.6 Å². The van der Waals surface area contributed by atoms with E-state index in [4.69, 9.17) is 35.5 Å². The number of aromatic nitrogens is 5. The van der Waals surface area contributed by atoms with E-state index in [2.05, 4.69) is 25.3 Å². The summed E-state index contributed by atoms with van der Waals surface area (Å²) in [6.45, 7) is 6.64. The van der Waals surface area contributed by atoms with Gasteiger partial charge in [0.1, 0.15) is 35.9 Å². The zero-order chi connectivity index (χ0) is 29.0. The van der Waals surface area contributed by atoms with E-state index in [1.807, 2.05) is 26.8 Å². The van der Waals surface area contributed by atoms with E-state index >= 15 is 0 Å². The number of anilines is 2. The van der Waals surface area contributed by atoms with Crippen LogP contribution in [0.1, 0.15) is 32.9 Å². The Morgan fingerprint density at radius 3 is 2.73 bits per heavy atom. The molecule has 12 nitrogen and oxygen atoms in total. The molecule has 1 fully saturated rings. The van der Waals surface area contributed by atoms with Gasteiger partial charge in [0, 0.05) is 37.1 Å². The van der Waals surface area contributed by atoms with E-state index < -0.39 is 5.60 Å². The second kappa shape index (κ2) is 12.0. The number of ether oxygens (including phenoxy) is 4. The Morgan fingerprint density at radius 2 is 2.00 bits per heavy atom. The molecule has 1 aliphatic rings. The van der Waals surface area contributed by atoms with Crippen LogP contribution < -0.4 is 19.5 Å². The molecule has 0 spiro atoms. The van der Waals surface area contributed by atoms with Crippen molar-refractivity contribution in [2.45, 2.75) is 45.5 Å². The molecular formula is C28H30ClN7O5. The molecule has 41 heavy (non-hydrogen) atoms. The van der Waals surface area contributed by atoms with Gasteiger partial charge in [-0.15, -0.1) is 0 Å². The Bertz CT molecular complexity index is 1530. The van der Waals surface area contributed by atoms with Crippen molar-refractivity contribution in [1.29, 1.82) is 0 Å². The van der Waals surface area contributed by atoms with Crippen molar-refractivity contribution in [2.24, 2.45) is 0 Å². The number of pyridine rings is 1. The molecular weight excluding hydrogens is 550 g/mol. The molecule has 5 rings (SSSR count). The summed E-state index contributed by atoms with van der Waals surface area (Å²) >= 11 is 6.49. The van der Waals surface area contributed by atoms with E-state index in [0.29, 0.717) is 64.3 Å². The third kappa shape index (κ3) is 7.01. The third-order valence-electron chi connectivity index (χ3n) is 6.02. The molecule has 0 saturated carbocycles. The third-order valence-corrected chi connectivity index (χ3v) is 6.32. The minimum Gasteiger partial charge on any atom is -0.491 e. The van der Waals surface area contributed by atoms with Gasteiger partial charge in [-0.05, 0) is 39.0 Å². The first kappa shape index (κ1) is 28.1. The molecule has 4 heterocycles. The van der Waals surface area contributed by atoms with Gasteiger partial charge in [0.15, 0.2) is 11.6 Å². The Morgan fingerprint density at radius 1 is 1.15 bits per heavy atom. The number of hydrogen-bond acceptors (Lipinski definition) is 11. The zero-order valence-electron chi connectivity index (χ0n) is 23.1. The number of amides is 1. The fraction of sp³-hybridized carbons (Fsp3) is 0.357. The number of halogens is 1. The van der Waals surface area contributed by atoms with E-state index in [9.17, 15) is 4.79 Å². The molecule has 0 radical (unpaired) electrons. The maximum atomic E-state index is 12.5. The van der Waals surface area contributed by atoms with Crippen LogP contribution in [0.25, 0.3) is 11.0 Å². The highest BCUT2D eigenvalue weighted by Crippen LogP contribution is 2.34. The maximum absolute atomic E-state index is 12.5. The molecule has 1 saturated heterocycles. The highest BCUT2D eigenvalue weighted by atomic mass is 35.5. The predicted octanol–water partition coefficient (Wildman–Crippen LogP) is 5.19. The van der Waals surface area contributed by atoms with Crippen molar-refractivity contribution in [3.63, 3.8) is 0 Å². The minimum absolute atomic E-state index is 0.238. The van der Waals surface area contributed by atoms with Crippen LogP contribution in [0.3, 0.4) is 0 Å². The topological polar surface area (TPSA) is 134 Å². The fourth-order valence-corrected chi connectivity index (χ4v) is 4.37. The molecule has 1 unspecified atom stereocenters. The lowest BCUT2D eigenvalue weighted by molar-refractivity contribution is 0.0274. The van der Waals surface area contributed by atoms with Crippen molar-refractivity contribution in [2.75, 3.05) is 25.5 Å². The van der Waals surface area contributed by atoms with Crippen LogP contribution in [-0.2, 0) is 11.3 Å². The molecule has 214 valence electrons. The molecule has 0 aliphatic carbocycles. The second-order valence-electron chi connectivity index (χ2n) is 10.3. The number of carbonyl (C=O) groups excluding carboxylic acids is 1. The minimum atomic E-state index is -0.572. The lowest BCUT2D eigenvalue weighted by Crippen LogP contribution is -2.36. The maximum Gasteiger partial charge on any atom is 0.410 e. The number of fused-ring (bicyclic) bond motifs is 1. The van der Waals surface area contributed by atoms with E-state index in [-0.39, 0.29) is 24.7 Å². The first-order valence-electron chi connectivity index (χ1n) is 13.0. The van der Waals surface area contributed by atoms with Gasteiger partial charge in [0.2, 0.25) is 0 Å². The summed E-state index contributed by atoms with van der Waals surface area (Å²) < 4.78 is 23.0.